The molecule has 2 aromatic carbocycles. The summed E-state index contributed by atoms with van der Waals surface area (Å²) in [7, 11) is 0. The van der Waals surface area contributed by atoms with Gasteiger partial charge in [-0.1, -0.05) is 11.6 Å². The van der Waals surface area contributed by atoms with E-state index in [-0.39, 0.29) is 5.56 Å². The van der Waals surface area contributed by atoms with Crippen molar-refractivity contribution >= 4 is 34.1 Å². The summed E-state index contributed by atoms with van der Waals surface area (Å²) in [6.07, 6.45) is 3.63. The first-order valence-electron chi connectivity index (χ1n) is 11.9. The number of rotatable bonds is 10. The van der Waals surface area contributed by atoms with Crippen LogP contribution in [0.15, 0.2) is 48.7 Å². The van der Waals surface area contributed by atoms with E-state index in [4.69, 9.17) is 11.6 Å². The summed E-state index contributed by atoms with van der Waals surface area (Å²) in [5.74, 6) is -1.95. The molecule has 1 aromatic heterocycles. The van der Waals surface area contributed by atoms with E-state index in [9.17, 15) is 13.6 Å². The summed E-state index contributed by atoms with van der Waals surface area (Å²) in [6.45, 7) is 7.30. The second kappa shape index (κ2) is 12.2. The van der Waals surface area contributed by atoms with Gasteiger partial charge in [0, 0.05) is 73.2 Å². The largest absolute Gasteiger partial charge is 0.384 e. The van der Waals surface area contributed by atoms with Crippen LogP contribution in [-0.4, -0.2) is 73.0 Å². The number of anilines is 1. The number of pyridine rings is 1. The van der Waals surface area contributed by atoms with Crippen LogP contribution >= 0.6 is 11.6 Å². The number of nitrogens with one attached hydrogen (secondary N) is 2. The van der Waals surface area contributed by atoms with Gasteiger partial charge in [0.1, 0.15) is 11.6 Å². The molecular formula is C26H30ClF2N5O. The maximum Gasteiger partial charge on any atom is 0.251 e. The minimum Gasteiger partial charge on any atom is -0.384 e. The van der Waals surface area contributed by atoms with Crippen LogP contribution in [0.25, 0.3) is 10.9 Å². The number of carbonyl (C=O) groups excluding carboxylic acids is 1. The van der Waals surface area contributed by atoms with Crippen LogP contribution in [0.1, 0.15) is 23.2 Å². The molecule has 1 aliphatic heterocycles. The second-order valence-electron chi connectivity index (χ2n) is 8.75. The second-order valence-corrected chi connectivity index (χ2v) is 9.19. The van der Waals surface area contributed by atoms with E-state index >= 15 is 0 Å². The number of amides is 1. The van der Waals surface area contributed by atoms with Crippen LogP contribution in [0.2, 0.25) is 5.02 Å². The van der Waals surface area contributed by atoms with Gasteiger partial charge in [0.2, 0.25) is 0 Å². The molecule has 0 aliphatic carbocycles. The molecule has 0 saturated carbocycles. The SMILES string of the molecule is O=C(NCCCN1CCN(CCCNc2ccnc3cc(Cl)ccc23)CC1)c1cc(F)cc(F)c1. The van der Waals surface area contributed by atoms with E-state index in [1.165, 1.54) is 0 Å². The molecular weight excluding hydrogens is 472 g/mol. The zero-order valence-corrected chi connectivity index (χ0v) is 20.3. The maximum absolute atomic E-state index is 13.3. The van der Waals surface area contributed by atoms with Crippen molar-refractivity contribution in [3.8, 4) is 0 Å². The first-order chi connectivity index (χ1) is 17.0. The summed E-state index contributed by atoms with van der Waals surface area (Å²) in [5, 5.41) is 8.02. The van der Waals surface area contributed by atoms with E-state index in [2.05, 4.69) is 25.4 Å². The molecule has 35 heavy (non-hydrogen) atoms. The topological polar surface area (TPSA) is 60.5 Å². The summed E-state index contributed by atoms with van der Waals surface area (Å²) in [4.78, 5) is 21.3. The fourth-order valence-electron chi connectivity index (χ4n) is 4.33. The summed E-state index contributed by atoms with van der Waals surface area (Å²) < 4.78 is 26.5. The fraction of sp³-hybridized carbons (Fsp3) is 0.385. The number of benzene rings is 2. The van der Waals surface area contributed by atoms with Crippen molar-refractivity contribution in [2.45, 2.75) is 12.8 Å². The molecule has 1 aliphatic rings. The first kappa shape index (κ1) is 25.3. The van der Waals surface area contributed by atoms with E-state index < -0.39 is 17.5 Å². The molecule has 2 N–H and O–H groups in total. The van der Waals surface area contributed by atoms with Gasteiger partial charge in [-0.3, -0.25) is 9.78 Å². The van der Waals surface area contributed by atoms with Crippen LogP contribution in [0.5, 0.6) is 0 Å². The van der Waals surface area contributed by atoms with Gasteiger partial charge in [0.15, 0.2) is 0 Å². The summed E-state index contributed by atoms with van der Waals surface area (Å²) in [5.41, 5.74) is 1.97. The predicted octanol–water partition coefficient (Wildman–Crippen LogP) is 4.41. The lowest BCUT2D eigenvalue weighted by molar-refractivity contribution is 0.0947. The van der Waals surface area contributed by atoms with Gasteiger partial charge in [-0.25, -0.2) is 8.78 Å². The van der Waals surface area contributed by atoms with Gasteiger partial charge in [-0.05, 0) is 62.3 Å². The van der Waals surface area contributed by atoms with E-state index in [1.807, 2.05) is 24.3 Å². The molecule has 3 aromatic rings. The standard InChI is InChI=1S/C26H30ClF2N5O/c27-20-3-4-23-24(5-8-31-25(23)17-20)30-6-1-9-33-11-13-34(14-12-33)10-2-7-32-26(35)19-15-21(28)18-22(29)16-19/h3-5,8,15-18H,1-2,6-7,9-14H2,(H,30,31)(H,32,35). The normalized spacial score (nSPS) is 14.8. The van der Waals surface area contributed by atoms with Crippen molar-refractivity contribution in [2.75, 3.05) is 57.7 Å². The highest BCUT2D eigenvalue weighted by Crippen LogP contribution is 2.24. The lowest BCUT2D eigenvalue weighted by Gasteiger charge is -2.34. The number of fused-ring (bicyclic) bond motifs is 1. The van der Waals surface area contributed by atoms with Crippen LogP contribution in [0, 0.1) is 11.6 Å². The molecule has 1 amide bonds. The Kier molecular flexibility index (Phi) is 8.84. The minimum absolute atomic E-state index is 0.00659. The molecule has 0 bridgehead atoms. The van der Waals surface area contributed by atoms with Crippen molar-refractivity contribution in [3.05, 3.63) is 70.9 Å². The highest BCUT2D eigenvalue weighted by atomic mass is 35.5. The van der Waals surface area contributed by atoms with Gasteiger partial charge in [-0.2, -0.15) is 0 Å². The summed E-state index contributed by atoms with van der Waals surface area (Å²) in [6, 6.07) is 10.6. The van der Waals surface area contributed by atoms with Crippen LogP contribution in [0.4, 0.5) is 14.5 Å². The predicted molar refractivity (Wildman–Crippen MR) is 136 cm³/mol. The molecule has 0 spiro atoms. The van der Waals surface area contributed by atoms with Crippen LogP contribution < -0.4 is 10.6 Å². The first-order valence-corrected chi connectivity index (χ1v) is 12.3. The van der Waals surface area contributed by atoms with Gasteiger partial charge in [0.25, 0.3) is 5.91 Å². The number of carbonyl (C=O) groups is 1. The van der Waals surface area contributed by atoms with Crippen molar-refractivity contribution < 1.29 is 13.6 Å². The van der Waals surface area contributed by atoms with E-state index in [1.54, 1.807) is 6.20 Å². The highest BCUT2D eigenvalue weighted by Gasteiger charge is 2.16. The van der Waals surface area contributed by atoms with Gasteiger partial charge in [-0.15, -0.1) is 0 Å². The number of aromatic nitrogens is 1. The van der Waals surface area contributed by atoms with Crippen molar-refractivity contribution in [2.24, 2.45) is 0 Å². The van der Waals surface area contributed by atoms with E-state index in [0.717, 1.165) is 93.4 Å². The quantitative estimate of drug-likeness (QED) is 0.403. The Morgan fingerprint density at radius 2 is 1.57 bits per heavy atom. The monoisotopic (exact) mass is 501 g/mol. The zero-order valence-electron chi connectivity index (χ0n) is 19.6. The number of piperazine rings is 1. The minimum atomic E-state index is -0.750. The number of hydrogen-bond donors (Lipinski definition) is 2. The Bertz CT molecular complexity index is 1130. The number of hydrogen-bond acceptors (Lipinski definition) is 5. The molecule has 4 rings (SSSR count). The third kappa shape index (κ3) is 7.34. The Morgan fingerprint density at radius 3 is 2.26 bits per heavy atom. The maximum atomic E-state index is 13.3. The number of nitrogens with zero attached hydrogens (tertiary/aromatic N) is 3. The highest BCUT2D eigenvalue weighted by molar-refractivity contribution is 6.31. The fourth-order valence-corrected chi connectivity index (χ4v) is 4.50. The van der Waals surface area contributed by atoms with Crippen LogP contribution in [0.3, 0.4) is 0 Å². The third-order valence-corrected chi connectivity index (χ3v) is 6.43. The molecule has 0 radical (unpaired) electrons. The Balaban J connectivity index is 1.09. The average molecular weight is 502 g/mol. The molecule has 6 nitrogen and oxygen atoms in total. The van der Waals surface area contributed by atoms with Gasteiger partial charge >= 0.3 is 0 Å². The lowest BCUT2D eigenvalue weighted by atomic mass is 10.2. The Morgan fingerprint density at radius 1 is 0.914 bits per heavy atom. The molecule has 2 heterocycles. The molecule has 0 unspecified atom stereocenters. The van der Waals surface area contributed by atoms with Crippen molar-refractivity contribution in [1.29, 1.82) is 0 Å². The van der Waals surface area contributed by atoms with E-state index in [0.29, 0.717) is 11.6 Å². The Hall–Kier alpha value is -2.81. The Labute approximate surface area is 209 Å². The van der Waals surface area contributed by atoms with Crippen molar-refractivity contribution in [3.63, 3.8) is 0 Å². The molecule has 1 fully saturated rings. The molecule has 1 saturated heterocycles. The average Bonchev–Trinajstić information content (AvgIpc) is 2.84. The molecule has 0 atom stereocenters. The smallest absolute Gasteiger partial charge is 0.251 e. The van der Waals surface area contributed by atoms with Crippen molar-refractivity contribution in [1.82, 2.24) is 20.1 Å². The molecule has 186 valence electrons. The summed E-state index contributed by atoms with van der Waals surface area (Å²) >= 11 is 6.07. The van der Waals surface area contributed by atoms with Gasteiger partial charge < -0.3 is 20.4 Å². The van der Waals surface area contributed by atoms with Gasteiger partial charge in [0.05, 0.1) is 5.52 Å². The number of halogens is 3. The zero-order chi connectivity index (χ0) is 24.6. The molecule has 9 heteroatoms. The lowest BCUT2D eigenvalue weighted by Crippen LogP contribution is -2.47. The van der Waals surface area contributed by atoms with Crippen LogP contribution in [-0.2, 0) is 0 Å². The third-order valence-electron chi connectivity index (χ3n) is 6.20.